The molecule has 0 aromatic rings. The van der Waals surface area contributed by atoms with Crippen LogP contribution in [0, 0.1) is 11.8 Å². The Bertz CT molecular complexity index is 312. The maximum Gasteiger partial charge on any atom is 0.326 e. The highest BCUT2D eigenvalue weighted by molar-refractivity contribution is 5.82. The number of hydrogen-bond donors (Lipinski definition) is 3. The molecule has 1 rings (SSSR count). The van der Waals surface area contributed by atoms with Crippen LogP contribution in [0.2, 0.25) is 0 Å². The molecule has 1 fully saturated rings. The Morgan fingerprint density at radius 1 is 1.05 bits per heavy atom. The first-order valence-corrected chi connectivity index (χ1v) is 7.21. The molecule has 1 aliphatic rings. The Kier molecular flexibility index (Phi) is 6.12. The predicted molar refractivity (Wildman–Crippen MR) is 74.0 cm³/mol. The molecule has 0 aromatic carbocycles. The van der Waals surface area contributed by atoms with E-state index in [0.29, 0.717) is 5.92 Å². The van der Waals surface area contributed by atoms with E-state index in [1.165, 1.54) is 19.3 Å². The number of aliphatic carboxylic acids is 1. The lowest BCUT2D eigenvalue weighted by Crippen LogP contribution is -2.51. The van der Waals surface area contributed by atoms with Gasteiger partial charge in [-0.05, 0) is 31.6 Å². The topological polar surface area (TPSA) is 78.4 Å². The maximum atomic E-state index is 11.8. The number of carboxylic acids is 1. The van der Waals surface area contributed by atoms with Gasteiger partial charge in [0.2, 0.25) is 0 Å². The van der Waals surface area contributed by atoms with E-state index in [-0.39, 0.29) is 18.0 Å². The van der Waals surface area contributed by atoms with Crippen molar-refractivity contribution in [1.29, 1.82) is 0 Å². The molecule has 2 atom stereocenters. The van der Waals surface area contributed by atoms with Gasteiger partial charge in [0, 0.05) is 6.04 Å². The molecule has 5 nitrogen and oxygen atoms in total. The van der Waals surface area contributed by atoms with Gasteiger partial charge in [-0.25, -0.2) is 9.59 Å². The Morgan fingerprint density at radius 2 is 1.63 bits per heavy atom. The van der Waals surface area contributed by atoms with E-state index in [2.05, 4.69) is 10.6 Å². The normalized spacial score (nSPS) is 19.8. The van der Waals surface area contributed by atoms with E-state index >= 15 is 0 Å². The summed E-state index contributed by atoms with van der Waals surface area (Å²) in [4.78, 5) is 22.9. The Balaban J connectivity index is 2.42. The van der Waals surface area contributed by atoms with Crippen molar-refractivity contribution in [2.45, 2.75) is 65.0 Å². The number of hydrogen-bond acceptors (Lipinski definition) is 2. The second-order valence-electron chi connectivity index (χ2n) is 5.86. The largest absolute Gasteiger partial charge is 0.480 e. The third-order valence-corrected chi connectivity index (χ3v) is 3.94. The van der Waals surface area contributed by atoms with Crippen molar-refractivity contribution >= 4 is 12.0 Å². The van der Waals surface area contributed by atoms with E-state index in [4.69, 9.17) is 5.11 Å². The second kappa shape index (κ2) is 7.36. The molecule has 19 heavy (non-hydrogen) atoms. The number of carbonyl (C=O) groups excluding carboxylic acids is 1. The first-order chi connectivity index (χ1) is 8.91. The fraction of sp³-hybridized carbons (Fsp3) is 0.857. The molecule has 2 unspecified atom stereocenters. The second-order valence-corrected chi connectivity index (χ2v) is 5.86. The van der Waals surface area contributed by atoms with Crippen LogP contribution in [0.25, 0.3) is 0 Å². The maximum absolute atomic E-state index is 11.8. The first-order valence-electron chi connectivity index (χ1n) is 7.21. The van der Waals surface area contributed by atoms with Gasteiger partial charge >= 0.3 is 12.0 Å². The number of rotatable bonds is 5. The van der Waals surface area contributed by atoms with Gasteiger partial charge in [0.25, 0.3) is 0 Å². The molecule has 3 N–H and O–H groups in total. The fourth-order valence-electron chi connectivity index (χ4n) is 2.66. The van der Waals surface area contributed by atoms with Crippen LogP contribution >= 0.6 is 0 Å². The van der Waals surface area contributed by atoms with Crippen LogP contribution in [-0.4, -0.2) is 29.2 Å². The predicted octanol–water partition coefficient (Wildman–Crippen LogP) is 2.36. The van der Waals surface area contributed by atoms with Crippen molar-refractivity contribution < 1.29 is 14.7 Å². The third kappa shape index (κ3) is 5.09. The van der Waals surface area contributed by atoms with Crippen molar-refractivity contribution in [3.8, 4) is 0 Å². The minimum Gasteiger partial charge on any atom is -0.480 e. The van der Waals surface area contributed by atoms with Crippen LogP contribution < -0.4 is 10.6 Å². The molecule has 0 radical (unpaired) electrons. The summed E-state index contributed by atoms with van der Waals surface area (Å²) in [5, 5.41) is 14.4. The average Bonchev–Trinajstić information content (AvgIpc) is 2.36. The highest BCUT2D eigenvalue weighted by atomic mass is 16.4. The summed E-state index contributed by atoms with van der Waals surface area (Å²) in [6.07, 6.45) is 6.02. The van der Waals surface area contributed by atoms with Gasteiger partial charge in [-0.2, -0.15) is 0 Å². The minimum absolute atomic E-state index is 0.0990. The van der Waals surface area contributed by atoms with Gasteiger partial charge in [-0.3, -0.25) is 0 Å². The molecule has 0 aliphatic heterocycles. The van der Waals surface area contributed by atoms with Gasteiger partial charge in [-0.15, -0.1) is 0 Å². The van der Waals surface area contributed by atoms with Crippen LogP contribution in [-0.2, 0) is 4.79 Å². The molecule has 0 aromatic heterocycles. The van der Waals surface area contributed by atoms with Gasteiger partial charge in [0.1, 0.15) is 6.04 Å². The number of carbonyl (C=O) groups is 2. The van der Waals surface area contributed by atoms with Crippen LogP contribution in [0.4, 0.5) is 4.79 Å². The summed E-state index contributed by atoms with van der Waals surface area (Å²) in [6, 6.07) is -1.11. The van der Waals surface area contributed by atoms with E-state index < -0.39 is 12.0 Å². The van der Waals surface area contributed by atoms with E-state index in [1.807, 2.05) is 6.92 Å². The SMILES string of the molecule is CC(C)C(NC(=O)NC(C)C1CCCCC1)C(=O)O. The molecule has 5 heteroatoms. The molecule has 2 amide bonds. The Morgan fingerprint density at radius 3 is 2.11 bits per heavy atom. The van der Waals surface area contributed by atoms with Gasteiger partial charge in [-0.1, -0.05) is 33.1 Å². The number of nitrogens with one attached hydrogen (secondary N) is 2. The highest BCUT2D eigenvalue weighted by Crippen LogP contribution is 2.26. The fourth-order valence-corrected chi connectivity index (χ4v) is 2.66. The lowest BCUT2D eigenvalue weighted by molar-refractivity contribution is -0.140. The summed E-state index contributed by atoms with van der Waals surface area (Å²) in [6.45, 7) is 5.56. The van der Waals surface area contributed by atoms with Gasteiger partial charge < -0.3 is 15.7 Å². The molecule has 0 heterocycles. The lowest BCUT2D eigenvalue weighted by Gasteiger charge is -2.29. The summed E-state index contributed by atoms with van der Waals surface area (Å²) >= 11 is 0. The smallest absolute Gasteiger partial charge is 0.326 e. The lowest BCUT2D eigenvalue weighted by atomic mass is 9.84. The average molecular weight is 270 g/mol. The van der Waals surface area contributed by atoms with Crippen molar-refractivity contribution in [3.05, 3.63) is 0 Å². The zero-order chi connectivity index (χ0) is 14.4. The minimum atomic E-state index is -0.990. The molecule has 1 aliphatic carbocycles. The molecular weight excluding hydrogens is 244 g/mol. The molecule has 1 saturated carbocycles. The summed E-state index contributed by atoms with van der Waals surface area (Å²) in [5.41, 5.74) is 0. The Labute approximate surface area is 115 Å². The first kappa shape index (κ1) is 15.8. The van der Waals surface area contributed by atoms with E-state index in [0.717, 1.165) is 12.8 Å². The number of carboxylic acid groups (broad SMARTS) is 1. The highest BCUT2D eigenvalue weighted by Gasteiger charge is 2.26. The van der Waals surface area contributed by atoms with Crippen LogP contribution in [0.3, 0.4) is 0 Å². The summed E-state index contributed by atoms with van der Waals surface area (Å²) in [7, 11) is 0. The van der Waals surface area contributed by atoms with Crippen molar-refractivity contribution in [2.24, 2.45) is 11.8 Å². The zero-order valence-electron chi connectivity index (χ0n) is 12.1. The standard InChI is InChI=1S/C14H26N2O3/c1-9(2)12(13(17)18)16-14(19)15-10(3)11-7-5-4-6-8-11/h9-12H,4-8H2,1-3H3,(H,17,18)(H2,15,16,19). The van der Waals surface area contributed by atoms with Crippen molar-refractivity contribution in [2.75, 3.05) is 0 Å². The number of amides is 2. The van der Waals surface area contributed by atoms with Gasteiger partial charge in [0.05, 0.1) is 0 Å². The number of urea groups is 1. The summed E-state index contributed by atoms with van der Waals surface area (Å²) < 4.78 is 0. The molecule has 0 saturated heterocycles. The van der Waals surface area contributed by atoms with Crippen molar-refractivity contribution in [3.63, 3.8) is 0 Å². The molecule has 0 spiro atoms. The zero-order valence-corrected chi connectivity index (χ0v) is 12.1. The molecule has 0 bridgehead atoms. The van der Waals surface area contributed by atoms with E-state index in [9.17, 15) is 9.59 Å². The summed E-state index contributed by atoms with van der Waals surface area (Å²) in [5.74, 6) is -0.606. The van der Waals surface area contributed by atoms with Gasteiger partial charge in [0.15, 0.2) is 0 Å². The quantitative estimate of drug-likeness (QED) is 0.717. The molecule has 110 valence electrons. The van der Waals surface area contributed by atoms with Crippen LogP contribution in [0.5, 0.6) is 0 Å². The van der Waals surface area contributed by atoms with Crippen molar-refractivity contribution in [1.82, 2.24) is 10.6 Å². The van der Waals surface area contributed by atoms with Crippen LogP contribution in [0.1, 0.15) is 52.9 Å². The Hall–Kier alpha value is -1.26. The molecular formula is C14H26N2O3. The van der Waals surface area contributed by atoms with Crippen LogP contribution in [0.15, 0.2) is 0 Å². The third-order valence-electron chi connectivity index (χ3n) is 3.94. The monoisotopic (exact) mass is 270 g/mol. The van der Waals surface area contributed by atoms with E-state index in [1.54, 1.807) is 13.8 Å².